The highest BCUT2D eigenvalue weighted by Crippen LogP contribution is 2.29. The van der Waals surface area contributed by atoms with E-state index in [9.17, 15) is 4.79 Å². The lowest BCUT2D eigenvalue weighted by Gasteiger charge is -2.14. The number of fused-ring (bicyclic) bond motifs is 2. The first kappa shape index (κ1) is 18.3. The average molecular weight is 417 g/mol. The first-order chi connectivity index (χ1) is 14.6. The van der Waals surface area contributed by atoms with Crippen LogP contribution >= 0.6 is 11.6 Å². The number of carbonyl (C=O) groups is 1. The van der Waals surface area contributed by atoms with Crippen molar-refractivity contribution in [2.45, 2.75) is 13.0 Å². The van der Waals surface area contributed by atoms with Crippen LogP contribution in [0.1, 0.15) is 29.1 Å². The van der Waals surface area contributed by atoms with E-state index in [0.29, 0.717) is 16.1 Å². The number of halogens is 1. The highest BCUT2D eigenvalue weighted by molar-refractivity contribution is 6.31. The molecular weight excluding hydrogens is 400 g/mol. The van der Waals surface area contributed by atoms with E-state index in [4.69, 9.17) is 11.6 Å². The largest absolute Gasteiger partial charge is 0.343 e. The maximum Gasteiger partial charge on any atom is 0.289 e. The molecule has 1 atom stereocenters. The zero-order valence-electron chi connectivity index (χ0n) is 16.0. The van der Waals surface area contributed by atoms with Crippen LogP contribution in [0, 0.1) is 0 Å². The summed E-state index contributed by atoms with van der Waals surface area (Å²) in [5.41, 5.74) is 4.95. The first-order valence-electron chi connectivity index (χ1n) is 9.43. The van der Waals surface area contributed by atoms with Crippen LogP contribution in [0.3, 0.4) is 0 Å². The van der Waals surface area contributed by atoms with Gasteiger partial charge in [-0.15, -0.1) is 0 Å². The SMILES string of the molecule is CC(NC(=O)c1nc2cc3[nH][nH]c(-c4ccncc4)c3cc2n1)c1ccccc1Cl. The van der Waals surface area contributed by atoms with Gasteiger partial charge in [0.1, 0.15) is 0 Å². The van der Waals surface area contributed by atoms with E-state index in [0.717, 1.165) is 27.7 Å². The molecule has 5 rings (SSSR count). The fourth-order valence-corrected chi connectivity index (χ4v) is 3.83. The molecule has 2 aromatic carbocycles. The molecule has 0 aliphatic carbocycles. The van der Waals surface area contributed by atoms with Crippen molar-refractivity contribution < 1.29 is 4.79 Å². The Kier molecular flexibility index (Phi) is 4.44. The number of H-pyrrole nitrogens is 2. The Bertz CT molecular complexity index is 1370. The average Bonchev–Trinajstić information content (AvgIpc) is 3.36. The topological polar surface area (TPSA) is 99.3 Å². The first-order valence-corrected chi connectivity index (χ1v) is 9.81. The van der Waals surface area contributed by atoms with Gasteiger partial charge in [0.05, 0.1) is 28.3 Å². The van der Waals surface area contributed by atoms with Crippen LogP contribution in [0.25, 0.3) is 33.2 Å². The number of aromatic amines is 2. The van der Waals surface area contributed by atoms with Gasteiger partial charge < -0.3 is 10.4 Å². The molecule has 0 radical (unpaired) electrons. The predicted octanol–water partition coefficient (Wildman–Crippen LogP) is 4.65. The van der Waals surface area contributed by atoms with Gasteiger partial charge in [-0.1, -0.05) is 29.8 Å². The molecule has 1 amide bonds. The van der Waals surface area contributed by atoms with E-state index in [1.807, 2.05) is 49.4 Å². The lowest BCUT2D eigenvalue weighted by molar-refractivity contribution is 0.0930. The van der Waals surface area contributed by atoms with Gasteiger partial charge in [0.25, 0.3) is 5.91 Å². The lowest BCUT2D eigenvalue weighted by Crippen LogP contribution is -2.27. The third-order valence-corrected chi connectivity index (χ3v) is 5.39. The van der Waals surface area contributed by atoms with Gasteiger partial charge in [-0.25, -0.2) is 9.97 Å². The molecule has 148 valence electrons. The van der Waals surface area contributed by atoms with Gasteiger partial charge in [0.15, 0.2) is 0 Å². The molecule has 0 bridgehead atoms. The molecule has 3 heterocycles. The second kappa shape index (κ2) is 7.27. The van der Waals surface area contributed by atoms with Crippen LogP contribution in [0.5, 0.6) is 0 Å². The highest BCUT2D eigenvalue weighted by Gasteiger charge is 2.18. The number of pyridine rings is 1. The van der Waals surface area contributed by atoms with E-state index in [2.05, 4.69) is 30.5 Å². The number of imidazole rings is 1. The van der Waals surface area contributed by atoms with Gasteiger partial charge in [-0.2, -0.15) is 0 Å². The molecule has 3 N–H and O–H groups in total. The minimum absolute atomic E-state index is 0.131. The van der Waals surface area contributed by atoms with E-state index in [1.54, 1.807) is 18.5 Å². The summed E-state index contributed by atoms with van der Waals surface area (Å²) in [5.74, 6) is -0.214. The molecule has 3 aromatic heterocycles. The maximum atomic E-state index is 12.7. The van der Waals surface area contributed by atoms with Crippen molar-refractivity contribution >= 4 is 39.4 Å². The van der Waals surface area contributed by atoms with Crippen LogP contribution in [-0.4, -0.2) is 31.1 Å². The second-order valence-electron chi connectivity index (χ2n) is 7.01. The minimum Gasteiger partial charge on any atom is -0.343 e. The summed E-state index contributed by atoms with van der Waals surface area (Å²) in [5, 5.41) is 10.8. The third-order valence-electron chi connectivity index (χ3n) is 5.05. The monoisotopic (exact) mass is 416 g/mol. The molecule has 0 fully saturated rings. The van der Waals surface area contributed by atoms with Gasteiger partial charge >= 0.3 is 0 Å². The van der Waals surface area contributed by atoms with Crippen molar-refractivity contribution in [1.82, 2.24) is 30.5 Å². The zero-order chi connectivity index (χ0) is 20.7. The Morgan fingerprint density at radius 2 is 1.77 bits per heavy atom. The third kappa shape index (κ3) is 3.19. The zero-order valence-corrected chi connectivity index (χ0v) is 16.7. The lowest BCUT2D eigenvalue weighted by atomic mass is 10.1. The summed E-state index contributed by atoms with van der Waals surface area (Å²) in [7, 11) is 0. The molecule has 0 spiro atoms. The molecule has 7 nitrogen and oxygen atoms in total. The van der Waals surface area contributed by atoms with E-state index in [1.165, 1.54) is 0 Å². The summed E-state index contributed by atoms with van der Waals surface area (Å²) >= 11 is 6.23. The number of hydrogen-bond donors (Lipinski definition) is 3. The van der Waals surface area contributed by atoms with Crippen molar-refractivity contribution in [3.63, 3.8) is 0 Å². The van der Waals surface area contributed by atoms with Crippen LogP contribution in [-0.2, 0) is 0 Å². The predicted molar refractivity (Wildman–Crippen MR) is 116 cm³/mol. The van der Waals surface area contributed by atoms with Crippen molar-refractivity contribution in [3.8, 4) is 11.3 Å². The summed E-state index contributed by atoms with van der Waals surface area (Å²) in [6.07, 6.45) is 3.48. The number of aromatic nitrogens is 5. The number of carbonyl (C=O) groups excluding carboxylic acids is 1. The van der Waals surface area contributed by atoms with Gasteiger partial charge in [0.2, 0.25) is 5.82 Å². The molecule has 0 aliphatic rings. The molecular formula is C22H17ClN6O. The minimum atomic E-state index is -0.344. The number of nitrogens with one attached hydrogen (secondary N) is 3. The fourth-order valence-electron chi connectivity index (χ4n) is 3.53. The normalized spacial score (nSPS) is 12.3. The molecule has 0 saturated carbocycles. The number of rotatable bonds is 4. The molecule has 0 saturated heterocycles. The smallest absolute Gasteiger partial charge is 0.289 e. The van der Waals surface area contributed by atoms with Crippen molar-refractivity contribution in [1.29, 1.82) is 0 Å². The quantitative estimate of drug-likeness (QED) is 0.397. The Labute approximate surface area is 176 Å². The van der Waals surface area contributed by atoms with Crippen LogP contribution < -0.4 is 5.32 Å². The van der Waals surface area contributed by atoms with Crippen LogP contribution in [0.4, 0.5) is 0 Å². The summed E-state index contributed by atoms with van der Waals surface area (Å²) in [6.45, 7) is 1.88. The molecule has 5 aromatic rings. The van der Waals surface area contributed by atoms with Gasteiger partial charge in [0, 0.05) is 28.4 Å². The molecule has 8 heteroatoms. The molecule has 1 unspecified atom stereocenters. The van der Waals surface area contributed by atoms with Gasteiger partial charge in [-0.3, -0.25) is 14.9 Å². The van der Waals surface area contributed by atoms with E-state index < -0.39 is 0 Å². The number of amides is 1. The van der Waals surface area contributed by atoms with Crippen molar-refractivity contribution in [3.05, 3.63) is 77.3 Å². The number of nitrogens with zero attached hydrogens (tertiary/aromatic N) is 3. The van der Waals surface area contributed by atoms with Gasteiger partial charge in [-0.05, 0) is 42.8 Å². The van der Waals surface area contributed by atoms with E-state index >= 15 is 0 Å². The Hall–Kier alpha value is -3.71. The Balaban J connectivity index is 1.47. The Morgan fingerprint density at radius 1 is 1.03 bits per heavy atom. The second-order valence-corrected chi connectivity index (χ2v) is 7.42. The number of hydrogen-bond acceptors (Lipinski definition) is 4. The summed E-state index contributed by atoms with van der Waals surface area (Å²) < 4.78 is 0. The standard InChI is InChI=1S/C22H17ClN6O/c1-12(14-4-2-3-5-16(14)23)25-22(30)21-26-18-10-15-17(11-19(18)27-21)28-29-20(15)13-6-8-24-9-7-13/h2-12,28-29H,1H3,(H,25,30). The summed E-state index contributed by atoms with van der Waals surface area (Å²) in [4.78, 5) is 25.7. The van der Waals surface area contributed by atoms with Crippen molar-refractivity contribution in [2.24, 2.45) is 0 Å². The maximum absolute atomic E-state index is 12.7. The Morgan fingerprint density at radius 3 is 2.53 bits per heavy atom. The highest BCUT2D eigenvalue weighted by atomic mass is 35.5. The van der Waals surface area contributed by atoms with Crippen molar-refractivity contribution in [2.75, 3.05) is 0 Å². The number of benzene rings is 2. The molecule has 0 aliphatic heterocycles. The molecule has 30 heavy (non-hydrogen) atoms. The fraction of sp³-hybridized carbons (Fsp3) is 0.0909. The van der Waals surface area contributed by atoms with Crippen LogP contribution in [0.2, 0.25) is 5.02 Å². The van der Waals surface area contributed by atoms with Crippen LogP contribution in [0.15, 0.2) is 60.9 Å². The van der Waals surface area contributed by atoms with E-state index in [-0.39, 0.29) is 17.8 Å². The summed E-state index contributed by atoms with van der Waals surface area (Å²) in [6, 6.07) is 14.8.